The summed E-state index contributed by atoms with van der Waals surface area (Å²) in [6.45, 7) is -0.315. The number of aliphatic hydroxyl groups excluding tert-OH is 1. The lowest BCUT2D eigenvalue weighted by atomic mass is 10.0. The van der Waals surface area contributed by atoms with Gasteiger partial charge in [0, 0.05) is 23.5 Å². The number of carboxylic acids is 1. The Morgan fingerprint density at radius 2 is 1.63 bits per heavy atom. The third kappa shape index (κ3) is 9.31. The first-order chi connectivity index (χ1) is 18.2. The fraction of sp³-hybridized carbons (Fsp3) is 0.520. The number of para-hydroxylation sites is 1. The summed E-state index contributed by atoms with van der Waals surface area (Å²) < 4.78 is 0. The molecule has 0 aliphatic rings. The van der Waals surface area contributed by atoms with Gasteiger partial charge in [-0.2, -0.15) is 11.8 Å². The summed E-state index contributed by atoms with van der Waals surface area (Å²) in [6, 6.07) is 3.04. The highest BCUT2D eigenvalue weighted by atomic mass is 32.2. The first-order valence-electron chi connectivity index (χ1n) is 12.5. The number of carbonyl (C=O) groups excluding carboxylic acids is 3. The normalized spacial score (nSPS) is 14.3. The van der Waals surface area contributed by atoms with Gasteiger partial charge in [-0.15, -0.1) is 0 Å². The zero-order chi connectivity index (χ0) is 28.1. The molecule has 0 saturated carbocycles. The number of fused-ring (bicyclic) bond motifs is 1. The van der Waals surface area contributed by atoms with Gasteiger partial charge < -0.3 is 42.6 Å². The lowest BCUT2D eigenvalue weighted by Crippen LogP contribution is -2.58. The van der Waals surface area contributed by atoms with Gasteiger partial charge in [-0.1, -0.05) is 24.6 Å². The summed E-state index contributed by atoms with van der Waals surface area (Å²) in [7, 11) is 0. The molecule has 12 nitrogen and oxygen atoms in total. The van der Waals surface area contributed by atoms with Crippen LogP contribution in [0.1, 0.15) is 31.2 Å². The van der Waals surface area contributed by atoms with Crippen LogP contribution in [0.4, 0.5) is 0 Å². The topological polar surface area (TPSA) is 213 Å². The highest BCUT2D eigenvalue weighted by Crippen LogP contribution is 2.19. The van der Waals surface area contributed by atoms with Gasteiger partial charge in [-0.25, -0.2) is 4.79 Å². The quantitative estimate of drug-likeness (QED) is 0.119. The Hall–Kier alpha value is -3.13. The molecule has 0 spiro atoms. The van der Waals surface area contributed by atoms with Gasteiger partial charge >= 0.3 is 5.97 Å². The van der Waals surface area contributed by atoms with Gasteiger partial charge in [0.1, 0.15) is 18.1 Å². The minimum atomic E-state index is -1.51. The summed E-state index contributed by atoms with van der Waals surface area (Å²) >= 11 is 1.45. The zero-order valence-electron chi connectivity index (χ0n) is 21.4. The number of amides is 3. The van der Waals surface area contributed by atoms with Gasteiger partial charge in [0.25, 0.3) is 0 Å². The molecule has 0 aliphatic heterocycles. The van der Waals surface area contributed by atoms with E-state index in [9.17, 15) is 29.4 Å². The summed E-state index contributed by atoms with van der Waals surface area (Å²) in [5, 5.41) is 27.0. The molecule has 4 atom stereocenters. The molecule has 3 amide bonds. The Bertz CT molecular complexity index is 1080. The molecule has 10 N–H and O–H groups in total. The lowest BCUT2D eigenvalue weighted by molar-refractivity contribution is -0.143. The van der Waals surface area contributed by atoms with Crippen molar-refractivity contribution in [1.82, 2.24) is 20.9 Å². The molecule has 1 aromatic heterocycles. The number of carboxylic acid groups (broad SMARTS) is 1. The monoisotopic (exact) mass is 550 g/mol. The van der Waals surface area contributed by atoms with Crippen molar-refractivity contribution in [2.75, 3.05) is 25.2 Å². The molecule has 2 aromatic rings. The molecule has 0 fully saturated rings. The molecule has 2 rings (SSSR count). The summed E-state index contributed by atoms with van der Waals surface area (Å²) in [5.74, 6) is -2.76. The van der Waals surface area contributed by atoms with E-state index in [1.807, 2.05) is 30.5 Å². The number of unbranched alkanes of at least 4 members (excludes halogenated alkanes) is 1. The molecular weight excluding hydrogens is 512 g/mol. The number of hydrogen-bond donors (Lipinski definition) is 8. The first-order valence-corrected chi connectivity index (χ1v) is 13.9. The van der Waals surface area contributed by atoms with Crippen LogP contribution >= 0.6 is 11.8 Å². The van der Waals surface area contributed by atoms with E-state index in [0.717, 1.165) is 22.9 Å². The third-order valence-electron chi connectivity index (χ3n) is 6.08. The summed E-state index contributed by atoms with van der Waals surface area (Å²) in [4.78, 5) is 53.5. The SMILES string of the molecule is CSCCC(NC(=O)C(Cc1c[nH]c2ccccc12)NC(=O)C(N)CCCCN)C(=O)NC(CO)C(=O)O. The van der Waals surface area contributed by atoms with Crippen LogP contribution in [0.3, 0.4) is 0 Å². The Labute approximate surface area is 225 Å². The smallest absolute Gasteiger partial charge is 0.328 e. The van der Waals surface area contributed by atoms with E-state index in [0.29, 0.717) is 25.1 Å². The van der Waals surface area contributed by atoms with Crippen LogP contribution in [-0.2, 0) is 25.6 Å². The molecule has 210 valence electrons. The number of benzene rings is 1. The van der Waals surface area contributed by atoms with E-state index < -0.39 is 54.5 Å². The van der Waals surface area contributed by atoms with Crippen LogP contribution in [0.5, 0.6) is 0 Å². The van der Waals surface area contributed by atoms with Crippen molar-refractivity contribution in [2.45, 2.75) is 56.3 Å². The van der Waals surface area contributed by atoms with Crippen LogP contribution in [0.2, 0.25) is 0 Å². The van der Waals surface area contributed by atoms with Crippen molar-refractivity contribution in [2.24, 2.45) is 11.5 Å². The van der Waals surface area contributed by atoms with E-state index in [4.69, 9.17) is 11.5 Å². The number of nitrogens with one attached hydrogen (secondary N) is 4. The van der Waals surface area contributed by atoms with E-state index in [-0.39, 0.29) is 12.8 Å². The highest BCUT2D eigenvalue weighted by Gasteiger charge is 2.30. The fourth-order valence-electron chi connectivity index (χ4n) is 3.88. The number of thioether (sulfide) groups is 1. The number of rotatable bonds is 17. The number of hydrogen-bond acceptors (Lipinski definition) is 8. The molecule has 38 heavy (non-hydrogen) atoms. The Morgan fingerprint density at radius 1 is 0.974 bits per heavy atom. The van der Waals surface area contributed by atoms with Crippen molar-refractivity contribution in [3.05, 3.63) is 36.0 Å². The number of aliphatic carboxylic acids is 1. The third-order valence-corrected chi connectivity index (χ3v) is 6.72. The van der Waals surface area contributed by atoms with Crippen LogP contribution < -0.4 is 27.4 Å². The number of aromatic amines is 1. The number of H-pyrrole nitrogens is 1. The van der Waals surface area contributed by atoms with Gasteiger partial charge in [-0.05, 0) is 49.4 Å². The molecule has 1 aromatic carbocycles. The Morgan fingerprint density at radius 3 is 2.29 bits per heavy atom. The van der Waals surface area contributed by atoms with Crippen LogP contribution in [0.15, 0.2) is 30.5 Å². The maximum absolute atomic E-state index is 13.4. The molecule has 0 bridgehead atoms. The first kappa shape index (κ1) is 31.1. The van der Waals surface area contributed by atoms with Crippen molar-refractivity contribution < 1.29 is 29.4 Å². The average molecular weight is 551 g/mol. The molecule has 1 heterocycles. The molecule has 4 unspecified atom stereocenters. The standard InChI is InChI=1S/C25H38N6O6S/c1-38-11-9-19(23(34)31-21(14-32)25(36)37)29-24(35)20(30-22(33)17(27)7-4-5-10-26)12-15-13-28-18-8-3-2-6-16(15)18/h2-3,6,8,13,17,19-21,28,32H,4-5,7,9-12,14,26-27H2,1H3,(H,29,35)(H,30,33)(H,31,34)(H,36,37). The minimum Gasteiger partial charge on any atom is -0.480 e. The maximum Gasteiger partial charge on any atom is 0.328 e. The van der Waals surface area contributed by atoms with Crippen molar-refractivity contribution in [3.63, 3.8) is 0 Å². The summed E-state index contributed by atoms with van der Waals surface area (Å²) in [5.41, 5.74) is 13.2. The Kier molecular flexibility index (Phi) is 13.1. The zero-order valence-corrected chi connectivity index (χ0v) is 22.3. The van der Waals surface area contributed by atoms with Crippen molar-refractivity contribution >= 4 is 46.4 Å². The lowest BCUT2D eigenvalue weighted by Gasteiger charge is -2.25. The Balaban J connectivity index is 2.25. The predicted molar refractivity (Wildman–Crippen MR) is 146 cm³/mol. The molecule has 13 heteroatoms. The highest BCUT2D eigenvalue weighted by molar-refractivity contribution is 7.98. The largest absolute Gasteiger partial charge is 0.480 e. The van der Waals surface area contributed by atoms with Crippen molar-refractivity contribution in [1.29, 1.82) is 0 Å². The van der Waals surface area contributed by atoms with E-state index in [1.54, 1.807) is 6.20 Å². The number of aromatic nitrogens is 1. The van der Waals surface area contributed by atoms with Gasteiger partial charge in [-0.3, -0.25) is 14.4 Å². The average Bonchev–Trinajstić information content (AvgIpc) is 3.31. The maximum atomic E-state index is 13.4. The number of aliphatic hydroxyl groups is 1. The van der Waals surface area contributed by atoms with Crippen LogP contribution in [-0.4, -0.2) is 88.2 Å². The second-order valence-electron chi connectivity index (χ2n) is 8.94. The van der Waals surface area contributed by atoms with E-state index >= 15 is 0 Å². The van der Waals surface area contributed by atoms with E-state index in [2.05, 4.69) is 20.9 Å². The number of nitrogens with two attached hydrogens (primary N) is 2. The van der Waals surface area contributed by atoms with Crippen LogP contribution in [0.25, 0.3) is 10.9 Å². The molecule has 0 saturated heterocycles. The van der Waals surface area contributed by atoms with Gasteiger partial charge in [0.05, 0.1) is 12.6 Å². The fourth-order valence-corrected chi connectivity index (χ4v) is 4.35. The number of carbonyl (C=O) groups is 4. The van der Waals surface area contributed by atoms with Crippen molar-refractivity contribution in [3.8, 4) is 0 Å². The second-order valence-corrected chi connectivity index (χ2v) is 9.93. The predicted octanol–water partition coefficient (Wildman–Crippen LogP) is -0.549. The summed E-state index contributed by atoms with van der Waals surface area (Å²) in [6.07, 6.45) is 5.71. The van der Waals surface area contributed by atoms with Gasteiger partial charge in [0.15, 0.2) is 0 Å². The van der Waals surface area contributed by atoms with E-state index in [1.165, 1.54) is 11.8 Å². The molecule has 0 radical (unpaired) electrons. The van der Waals surface area contributed by atoms with Crippen LogP contribution in [0, 0.1) is 0 Å². The molecule has 0 aliphatic carbocycles. The minimum absolute atomic E-state index is 0.127. The van der Waals surface area contributed by atoms with Gasteiger partial charge in [0.2, 0.25) is 17.7 Å². The second kappa shape index (κ2) is 16.0. The molecular formula is C25H38N6O6S.